The minimum atomic E-state index is -0.422. The molecule has 1 saturated carbocycles. The molecule has 6 heteroatoms. The Balaban J connectivity index is 1.56. The van der Waals surface area contributed by atoms with Gasteiger partial charge in [0.05, 0.1) is 0 Å². The van der Waals surface area contributed by atoms with Gasteiger partial charge in [-0.15, -0.1) is 0 Å². The van der Waals surface area contributed by atoms with E-state index < -0.39 is 6.04 Å². The van der Waals surface area contributed by atoms with Crippen molar-refractivity contribution in [3.63, 3.8) is 0 Å². The first kappa shape index (κ1) is 17.7. The molecule has 1 aliphatic carbocycles. The van der Waals surface area contributed by atoms with Crippen molar-refractivity contribution in [3.05, 3.63) is 24.4 Å². The molecule has 0 spiro atoms. The summed E-state index contributed by atoms with van der Waals surface area (Å²) in [5.74, 6) is 1.24. The third kappa shape index (κ3) is 4.11. The molecule has 2 heterocycles. The molecule has 25 heavy (non-hydrogen) atoms. The topological polar surface area (TPSA) is 65.5 Å². The molecule has 0 unspecified atom stereocenters. The highest BCUT2D eigenvalue weighted by molar-refractivity contribution is 5.89. The summed E-state index contributed by atoms with van der Waals surface area (Å²) in [6.07, 6.45) is 4.81. The number of hydrogen-bond donors (Lipinski definition) is 1. The third-order valence-corrected chi connectivity index (χ3v) is 5.27. The predicted octanol–water partition coefficient (Wildman–Crippen LogP) is 1.67. The lowest BCUT2D eigenvalue weighted by Crippen LogP contribution is -2.57. The summed E-state index contributed by atoms with van der Waals surface area (Å²) in [5, 5.41) is 3.00. The van der Waals surface area contributed by atoms with E-state index in [1.165, 1.54) is 0 Å². The Morgan fingerprint density at radius 3 is 2.40 bits per heavy atom. The minimum Gasteiger partial charge on any atom is -0.353 e. The maximum Gasteiger partial charge on any atom is 0.245 e. The van der Waals surface area contributed by atoms with Crippen molar-refractivity contribution in [2.24, 2.45) is 11.8 Å². The zero-order chi connectivity index (χ0) is 17.8. The van der Waals surface area contributed by atoms with Gasteiger partial charge in [-0.05, 0) is 30.9 Å². The molecule has 1 aromatic heterocycles. The van der Waals surface area contributed by atoms with E-state index in [0.29, 0.717) is 13.1 Å². The number of rotatable bonds is 5. The zero-order valence-corrected chi connectivity index (χ0v) is 15.1. The van der Waals surface area contributed by atoms with Gasteiger partial charge in [0.1, 0.15) is 11.9 Å². The largest absolute Gasteiger partial charge is 0.353 e. The van der Waals surface area contributed by atoms with Crippen LogP contribution in [0.3, 0.4) is 0 Å². The molecule has 2 fully saturated rings. The van der Waals surface area contributed by atoms with Gasteiger partial charge in [0.25, 0.3) is 0 Å². The number of carbonyl (C=O) groups excluding carboxylic acids is 2. The molecule has 1 aromatic rings. The summed E-state index contributed by atoms with van der Waals surface area (Å²) >= 11 is 0. The van der Waals surface area contributed by atoms with Crippen LogP contribution in [0, 0.1) is 11.8 Å². The normalized spacial score (nSPS) is 19.5. The third-order valence-electron chi connectivity index (χ3n) is 5.27. The fourth-order valence-corrected chi connectivity index (χ4v) is 3.35. The number of anilines is 1. The lowest BCUT2D eigenvalue weighted by Gasteiger charge is -2.38. The van der Waals surface area contributed by atoms with Crippen molar-refractivity contribution >= 4 is 17.6 Å². The van der Waals surface area contributed by atoms with Gasteiger partial charge in [0.15, 0.2) is 0 Å². The van der Waals surface area contributed by atoms with Crippen LogP contribution in [0.15, 0.2) is 24.4 Å². The van der Waals surface area contributed by atoms with Crippen molar-refractivity contribution in [2.75, 3.05) is 31.1 Å². The lowest BCUT2D eigenvalue weighted by atomic mass is 9.84. The number of piperazine rings is 1. The predicted molar refractivity (Wildman–Crippen MR) is 97.1 cm³/mol. The minimum absolute atomic E-state index is 0.0448. The van der Waals surface area contributed by atoms with Gasteiger partial charge >= 0.3 is 0 Å². The number of hydrogen-bond acceptors (Lipinski definition) is 4. The van der Waals surface area contributed by atoms with E-state index in [1.54, 1.807) is 6.20 Å². The average molecular weight is 344 g/mol. The summed E-state index contributed by atoms with van der Waals surface area (Å²) in [4.78, 5) is 33.6. The van der Waals surface area contributed by atoms with Crippen molar-refractivity contribution in [1.29, 1.82) is 0 Å². The van der Waals surface area contributed by atoms with Crippen LogP contribution in [0.1, 0.15) is 33.1 Å². The van der Waals surface area contributed by atoms with Gasteiger partial charge in [-0.25, -0.2) is 4.98 Å². The second-order valence-electron chi connectivity index (χ2n) is 7.36. The molecule has 2 aliphatic rings. The van der Waals surface area contributed by atoms with E-state index in [9.17, 15) is 9.59 Å². The summed E-state index contributed by atoms with van der Waals surface area (Å²) in [7, 11) is 0. The maximum atomic E-state index is 12.9. The number of nitrogens with one attached hydrogen (secondary N) is 1. The summed E-state index contributed by atoms with van der Waals surface area (Å²) < 4.78 is 0. The lowest BCUT2D eigenvalue weighted by molar-refractivity contribution is -0.139. The van der Waals surface area contributed by atoms with Crippen LogP contribution in [0.4, 0.5) is 5.82 Å². The Kier molecular flexibility index (Phi) is 5.56. The molecule has 6 nitrogen and oxygen atoms in total. The quantitative estimate of drug-likeness (QED) is 0.882. The standard InChI is InChI=1S/C19H28N4O2/c1-14(2)17(21-18(24)15-6-5-7-15)19(25)23-12-10-22(11-13-23)16-8-3-4-9-20-16/h3-4,8-9,14-15,17H,5-7,10-13H2,1-2H3,(H,21,24)/t17-/m0/s1. The van der Waals surface area contributed by atoms with Gasteiger partial charge in [0.2, 0.25) is 11.8 Å². The number of amides is 2. The molecular formula is C19H28N4O2. The molecule has 0 radical (unpaired) electrons. The Morgan fingerprint density at radius 1 is 1.16 bits per heavy atom. The highest BCUT2D eigenvalue weighted by Crippen LogP contribution is 2.26. The van der Waals surface area contributed by atoms with E-state index in [-0.39, 0.29) is 23.7 Å². The van der Waals surface area contributed by atoms with Crippen molar-refractivity contribution in [1.82, 2.24) is 15.2 Å². The second-order valence-corrected chi connectivity index (χ2v) is 7.36. The number of pyridine rings is 1. The summed E-state index contributed by atoms with van der Waals surface area (Å²) in [5.41, 5.74) is 0. The van der Waals surface area contributed by atoms with Gasteiger partial charge in [-0.2, -0.15) is 0 Å². The number of nitrogens with zero attached hydrogens (tertiary/aromatic N) is 3. The molecule has 1 aliphatic heterocycles. The van der Waals surface area contributed by atoms with Crippen molar-refractivity contribution < 1.29 is 9.59 Å². The maximum absolute atomic E-state index is 12.9. The fourth-order valence-electron chi connectivity index (χ4n) is 3.35. The number of carbonyl (C=O) groups is 2. The van der Waals surface area contributed by atoms with Crippen LogP contribution in [-0.4, -0.2) is 53.9 Å². The molecule has 0 bridgehead atoms. The highest BCUT2D eigenvalue weighted by atomic mass is 16.2. The van der Waals surface area contributed by atoms with E-state index >= 15 is 0 Å². The van der Waals surface area contributed by atoms with Gasteiger partial charge < -0.3 is 15.1 Å². The van der Waals surface area contributed by atoms with Crippen molar-refractivity contribution in [2.45, 2.75) is 39.2 Å². The van der Waals surface area contributed by atoms with E-state index in [1.807, 2.05) is 36.9 Å². The van der Waals surface area contributed by atoms with Crippen LogP contribution in [-0.2, 0) is 9.59 Å². The average Bonchev–Trinajstić information content (AvgIpc) is 2.58. The highest BCUT2D eigenvalue weighted by Gasteiger charge is 2.33. The number of aromatic nitrogens is 1. The molecule has 2 amide bonds. The summed E-state index contributed by atoms with van der Waals surface area (Å²) in [6.45, 7) is 6.85. The Morgan fingerprint density at radius 2 is 1.88 bits per heavy atom. The van der Waals surface area contributed by atoms with Crippen LogP contribution in [0.2, 0.25) is 0 Å². The molecule has 1 N–H and O–H groups in total. The van der Waals surface area contributed by atoms with Crippen LogP contribution >= 0.6 is 0 Å². The Bertz CT molecular complexity index is 593. The van der Waals surface area contributed by atoms with Crippen LogP contribution in [0.5, 0.6) is 0 Å². The fraction of sp³-hybridized carbons (Fsp3) is 0.632. The van der Waals surface area contributed by atoms with E-state index in [4.69, 9.17) is 0 Å². The molecule has 1 atom stereocenters. The molecule has 3 rings (SSSR count). The first-order valence-corrected chi connectivity index (χ1v) is 9.31. The second kappa shape index (κ2) is 7.85. The van der Waals surface area contributed by atoms with E-state index in [2.05, 4.69) is 15.2 Å². The SMILES string of the molecule is CC(C)[C@H](NC(=O)C1CCC1)C(=O)N1CCN(c2ccccn2)CC1. The van der Waals surface area contributed by atoms with Gasteiger partial charge in [0, 0.05) is 38.3 Å². The van der Waals surface area contributed by atoms with E-state index in [0.717, 1.165) is 38.2 Å². The van der Waals surface area contributed by atoms with Gasteiger partial charge in [-0.3, -0.25) is 9.59 Å². The van der Waals surface area contributed by atoms with Crippen LogP contribution < -0.4 is 10.2 Å². The Hall–Kier alpha value is -2.11. The van der Waals surface area contributed by atoms with Crippen LogP contribution in [0.25, 0.3) is 0 Å². The molecule has 1 saturated heterocycles. The monoisotopic (exact) mass is 344 g/mol. The zero-order valence-electron chi connectivity index (χ0n) is 15.1. The molecule has 0 aromatic carbocycles. The Labute approximate surface area is 149 Å². The summed E-state index contributed by atoms with van der Waals surface area (Å²) in [6, 6.07) is 5.45. The van der Waals surface area contributed by atoms with Gasteiger partial charge in [-0.1, -0.05) is 26.3 Å². The first-order valence-electron chi connectivity index (χ1n) is 9.31. The van der Waals surface area contributed by atoms with Crippen molar-refractivity contribution in [3.8, 4) is 0 Å². The first-order chi connectivity index (χ1) is 12.1. The smallest absolute Gasteiger partial charge is 0.245 e. The molecule has 136 valence electrons. The molecular weight excluding hydrogens is 316 g/mol.